The van der Waals surface area contributed by atoms with Crippen LogP contribution in [0.25, 0.3) is 11.6 Å². The predicted molar refractivity (Wildman–Crippen MR) is 126 cm³/mol. The first-order valence-electron chi connectivity index (χ1n) is 10.1. The number of ether oxygens (including phenoxy) is 1. The van der Waals surface area contributed by atoms with E-state index in [2.05, 4.69) is 15.4 Å². The van der Waals surface area contributed by atoms with Gasteiger partial charge in [0.15, 0.2) is 11.6 Å². The molecule has 0 unspecified atom stereocenters. The molecular formula is C23H18Cl2FN5O3. The van der Waals surface area contributed by atoms with Gasteiger partial charge in [-0.2, -0.15) is 5.26 Å². The summed E-state index contributed by atoms with van der Waals surface area (Å²) in [6, 6.07) is 10.7. The molecule has 0 spiro atoms. The lowest BCUT2D eigenvalue weighted by atomic mass is 10.1. The van der Waals surface area contributed by atoms with Crippen molar-refractivity contribution in [2.75, 3.05) is 0 Å². The molecule has 0 aliphatic carbocycles. The van der Waals surface area contributed by atoms with Crippen LogP contribution in [-0.4, -0.2) is 14.8 Å². The molecule has 0 radical (unpaired) electrons. The molecule has 0 saturated carbocycles. The molecule has 0 saturated heterocycles. The normalized spacial score (nSPS) is 10.3. The quantitative estimate of drug-likeness (QED) is 0.258. The Kier molecular flexibility index (Phi) is 7.99. The van der Waals surface area contributed by atoms with Gasteiger partial charge < -0.3 is 13.7 Å². The number of aryl methyl sites for hydroxylation is 1. The monoisotopic (exact) mass is 501 g/mol. The Morgan fingerprint density at radius 1 is 1.21 bits per heavy atom. The largest absolute Gasteiger partial charge is 0.453 e. The smallest absolute Gasteiger partial charge is 0.264 e. The maximum atomic E-state index is 15.2. The zero-order valence-electron chi connectivity index (χ0n) is 18.3. The number of hydrogen-bond donors (Lipinski definition) is 0. The molecule has 0 amide bonds. The van der Waals surface area contributed by atoms with E-state index in [4.69, 9.17) is 37.6 Å². The molecule has 11 heteroatoms. The summed E-state index contributed by atoms with van der Waals surface area (Å²) in [6.45, 7) is 4.00. The van der Waals surface area contributed by atoms with E-state index in [0.29, 0.717) is 5.69 Å². The van der Waals surface area contributed by atoms with E-state index < -0.39 is 5.82 Å². The number of nitriles is 1. The van der Waals surface area contributed by atoms with Crippen LogP contribution in [0.15, 0.2) is 52.2 Å². The SMILES string of the molecule is CC.Cn1cc(N=O)cc1-c1nnc(Cc2ccc(Cl)c(Oc3cc(Cl)cc(C#N)c3)c2F)o1. The molecule has 0 N–H and O–H groups in total. The zero-order chi connectivity index (χ0) is 24.8. The average molecular weight is 502 g/mol. The van der Waals surface area contributed by atoms with Crippen LogP contribution >= 0.6 is 23.2 Å². The van der Waals surface area contributed by atoms with Crippen molar-refractivity contribution >= 4 is 28.9 Å². The van der Waals surface area contributed by atoms with Gasteiger partial charge in [0, 0.05) is 23.8 Å². The Labute approximate surface area is 204 Å². The molecular weight excluding hydrogens is 484 g/mol. The predicted octanol–water partition coefficient (Wildman–Crippen LogP) is 7.20. The highest BCUT2D eigenvalue weighted by atomic mass is 35.5. The fourth-order valence-electron chi connectivity index (χ4n) is 3.01. The van der Waals surface area contributed by atoms with Crippen molar-refractivity contribution in [2.24, 2.45) is 12.2 Å². The van der Waals surface area contributed by atoms with Crippen LogP contribution in [0.2, 0.25) is 10.0 Å². The molecule has 4 aromatic rings. The Bertz CT molecular complexity index is 1380. The second-order valence-electron chi connectivity index (χ2n) is 6.70. The van der Waals surface area contributed by atoms with E-state index in [1.807, 2.05) is 19.9 Å². The minimum atomic E-state index is -0.720. The summed E-state index contributed by atoms with van der Waals surface area (Å²) < 4.78 is 28.0. The molecule has 0 aliphatic rings. The highest BCUT2D eigenvalue weighted by Gasteiger charge is 2.19. The summed E-state index contributed by atoms with van der Waals surface area (Å²) in [7, 11) is 1.70. The van der Waals surface area contributed by atoms with E-state index in [0.717, 1.165) is 0 Å². The number of benzene rings is 2. The Balaban J connectivity index is 0.00000158. The molecule has 34 heavy (non-hydrogen) atoms. The number of halogens is 3. The van der Waals surface area contributed by atoms with Gasteiger partial charge in [0.05, 0.1) is 23.1 Å². The van der Waals surface area contributed by atoms with E-state index in [1.165, 1.54) is 42.6 Å². The van der Waals surface area contributed by atoms with Crippen LogP contribution < -0.4 is 4.74 Å². The van der Waals surface area contributed by atoms with Gasteiger partial charge in [-0.25, -0.2) is 4.39 Å². The first-order valence-corrected chi connectivity index (χ1v) is 10.8. The lowest BCUT2D eigenvalue weighted by Gasteiger charge is -2.11. The van der Waals surface area contributed by atoms with Gasteiger partial charge in [-0.05, 0) is 35.5 Å². The van der Waals surface area contributed by atoms with Gasteiger partial charge >= 0.3 is 0 Å². The van der Waals surface area contributed by atoms with Gasteiger partial charge in [0.1, 0.15) is 17.1 Å². The van der Waals surface area contributed by atoms with Gasteiger partial charge in [0.25, 0.3) is 5.89 Å². The van der Waals surface area contributed by atoms with Crippen molar-refractivity contribution in [3.63, 3.8) is 0 Å². The molecule has 2 heterocycles. The van der Waals surface area contributed by atoms with Crippen molar-refractivity contribution < 1.29 is 13.5 Å². The molecule has 2 aromatic carbocycles. The second-order valence-corrected chi connectivity index (χ2v) is 7.55. The topological polar surface area (TPSA) is 106 Å². The van der Waals surface area contributed by atoms with Crippen LogP contribution in [0.3, 0.4) is 0 Å². The third-order valence-corrected chi connectivity index (χ3v) is 4.99. The van der Waals surface area contributed by atoms with Gasteiger partial charge in [-0.3, -0.25) is 0 Å². The van der Waals surface area contributed by atoms with E-state index in [-0.39, 0.29) is 56.6 Å². The van der Waals surface area contributed by atoms with Crippen molar-refractivity contribution in [3.05, 3.63) is 80.4 Å². The maximum Gasteiger partial charge on any atom is 0.264 e. The van der Waals surface area contributed by atoms with Gasteiger partial charge in [-0.15, -0.1) is 15.1 Å². The van der Waals surface area contributed by atoms with Crippen LogP contribution in [0.1, 0.15) is 30.9 Å². The van der Waals surface area contributed by atoms with Crippen molar-refractivity contribution in [1.82, 2.24) is 14.8 Å². The summed E-state index contributed by atoms with van der Waals surface area (Å²) in [6.07, 6.45) is 1.48. The molecule has 0 fully saturated rings. The molecule has 4 rings (SSSR count). The fraction of sp³-hybridized carbons (Fsp3) is 0.174. The number of nitrogens with zero attached hydrogens (tertiary/aromatic N) is 5. The fourth-order valence-corrected chi connectivity index (χ4v) is 3.42. The van der Waals surface area contributed by atoms with Crippen LogP contribution in [-0.2, 0) is 13.5 Å². The molecule has 174 valence electrons. The van der Waals surface area contributed by atoms with Crippen molar-refractivity contribution in [1.29, 1.82) is 5.26 Å². The molecule has 2 aromatic heterocycles. The van der Waals surface area contributed by atoms with Crippen LogP contribution in [0.4, 0.5) is 10.1 Å². The number of nitroso groups, excluding NO2 is 1. The zero-order valence-corrected chi connectivity index (χ0v) is 19.9. The Hall–Kier alpha value is -3.74. The highest BCUT2D eigenvalue weighted by molar-refractivity contribution is 6.32. The average Bonchev–Trinajstić information content (AvgIpc) is 3.45. The van der Waals surface area contributed by atoms with Crippen LogP contribution in [0.5, 0.6) is 11.5 Å². The van der Waals surface area contributed by atoms with Crippen LogP contribution in [0, 0.1) is 22.1 Å². The summed E-state index contributed by atoms with van der Waals surface area (Å²) in [4.78, 5) is 10.7. The summed E-state index contributed by atoms with van der Waals surface area (Å²) >= 11 is 12.1. The molecule has 0 aliphatic heterocycles. The number of hydrogen-bond acceptors (Lipinski definition) is 7. The van der Waals surface area contributed by atoms with E-state index in [1.54, 1.807) is 11.6 Å². The third-order valence-electron chi connectivity index (χ3n) is 4.47. The van der Waals surface area contributed by atoms with Gasteiger partial charge in [0.2, 0.25) is 5.89 Å². The minimum Gasteiger partial charge on any atom is -0.453 e. The second kappa shape index (κ2) is 10.9. The summed E-state index contributed by atoms with van der Waals surface area (Å²) in [5, 5.41) is 20.1. The highest BCUT2D eigenvalue weighted by Crippen LogP contribution is 2.36. The van der Waals surface area contributed by atoms with E-state index >= 15 is 4.39 Å². The first-order chi connectivity index (χ1) is 16.4. The first kappa shape index (κ1) is 24.9. The number of aromatic nitrogens is 3. The standard InChI is InChI=1S/C21H12Cl2FN5O3.C2H6/c1-29-10-14(28-30)8-17(29)21-27-26-18(32-21)6-12-2-3-16(23)20(19(12)24)31-15-5-11(9-25)4-13(22)7-15;1-2/h2-5,7-8,10H,6H2,1H3;1-2H3. The Morgan fingerprint density at radius 3 is 2.65 bits per heavy atom. The molecule has 8 nitrogen and oxygen atoms in total. The lowest BCUT2D eigenvalue weighted by molar-refractivity contribution is 0.437. The minimum absolute atomic E-state index is 0.0332. The third kappa shape index (κ3) is 5.42. The Morgan fingerprint density at radius 2 is 1.97 bits per heavy atom. The maximum absolute atomic E-state index is 15.2. The van der Waals surface area contributed by atoms with Crippen molar-refractivity contribution in [3.8, 4) is 29.2 Å². The summed E-state index contributed by atoms with van der Waals surface area (Å²) in [5.74, 6) is -0.480. The molecule has 0 bridgehead atoms. The number of rotatable bonds is 6. The molecule has 0 atom stereocenters. The lowest BCUT2D eigenvalue weighted by Crippen LogP contribution is -1.98. The summed E-state index contributed by atoms with van der Waals surface area (Å²) in [5.41, 5.74) is 1.16. The van der Waals surface area contributed by atoms with Gasteiger partial charge in [-0.1, -0.05) is 43.1 Å². The van der Waals surface area contributed by atoms with Crippen molar-refractivity contribution in [2.45, 2.75) is 20.3 Å². The van der Waals surface area contributed by atoms with E-state index in [9.17, 15) is 4.91 Å².